The maximum atomic E-state index is 10.3. The molecule has 1 unspecified atom stereocenters. The molecule has 0 amide bonds. The zero-order chi connectivity index (χ0) is 7.56. The molecular weight excluding hydrogens is 150 g/mol. The Morgan fingerprint density at radius 3 is 2.40 bits per heavy atom. The van der Waals surface area contributed by atoms with Crippen LogP contribution in [0.4, 0.5) is 0 Å². The van der Waals surface area contributed by atoms with Gasteiger partial charge in [-0.2, -0.15) is 10.9 Å². The first-order chi connectivity index (χ1) is 4.72. The number of hydrogen-bond donors (Lipinski definition) is 3. The van der Waals surface area contributed by atoms with E-state index in [0.29, 0.717) is 0 Å². The normalized spacial score (nSPS) is 21.5. The van der Waals surface area contributed by atoms with Crippen molar-refractivity contribution in [1.82, 2.24) is 0 Å². The molecular formula is C6H9NO2S. The van der Waals surface area contributed by atoms with E-state index in [2.05, 4.69) is 0 Å². The molecule has 1 rings (SSSR count). The summed E-state index contributed by atoms with van der Waals surface area (Å²) in [4.78, 5) is 10.3. The van der Waals surface area contributed by atoms with Gasteiger partial charge in [-0.1, -0.05) is 12.2 Å². The van der Waals surface area contributed by atoms with Crippen molar-refractivity contribution < 1.29 is 9.90 Å². The third-order valence-electron chi connectivity index (χ3n) is 1.20. The van der Waals surface area contributed by atoms with E-state index in [1.54, 1.807) is 0 Å². The van der Waals surface area contributed by atoms with Gasteiger partial charge in [-0.25, -0.2) is 4.79 Å². The highest BCUT2D eigenvalue weighted by Gasteiger charge is 2.16. The van der Waals surface area contributed by atoms with Gasteiger partial charge in [0.25, 0.3) is 0 Å². The molecule has 0 saturated carbocycles. The lowest BCUT2D eigenvalue weighted by atomic mass is 10.6. The topological polar surface area (TPSA) is 63.3 Å². The van der Waals surface area contributed by atoms with Crippen LogP contribution in [0.15, 0.2) is 23.0 Å². The van der Waals surface area contributed by atoms with Crippen LogP contribution in [0, 0.1) is 0 Å². The Morgan fingerprint density at radius 2 is 2.00 bits per heavy atom. The van der Waals surface area contributed by atoms with Gasteiger partial charge in [-0.3, -0.25) is 0 Å². The molecule has 3 nitrogen and oxygen atoms in total. The van der Waals surface area contributed by atoms with Gasteiger partial charge in [0.05, 0.1) is 0 Å². The molecule has 1 atom stereocenters. The number of aliphatic carboxylic acids is 1. The van der Waals surface area contributed by atoms with Crippen LogP contribution in [-0.4, -0.2) is 16.4 Å². The van der Waals surface area contributed by atoms with E-state index in [1.807, 2.05) is 23.0 Å². The third-order valence-corrected chi connectivity index (χ3v) is 3.10. The number of hydrogen-bond acceptors (Lipinski definition) is 2. The SMILES string of the molecule is NC(C(=O)O)[SH]1C=CC=C1. The van der Waals surface area contributed by atoms with E-state index in [9.17, 15) is 4.79 Å². The molecule has 0 aromatic rings. The van der Waals surface area contributed by atoms with Crippen molar-refractivity contribution in [2.24, 2.45) is 5.73 Å². The Hall–Kier alpha value is -0.740. The lowest BCUT2D eigenvalue weighted by Gasteiger charge is -2.13. The molecule has 1 aliphatic heterocycles. The van der Waals surface area contributed by atoms with Gasteiger partial charge >= 0.3 is 5.97 Å². The predicted octanol–water partition coefficient (Wildman–Crippen LogP) is 0.398. The monoisotopic (exact) mass is 159 g/mol. The molecule has 0 bridgehead atoms. The average Bonchev–Trinajstić information content (AvgIpc) is 2.36. The van der Waals surface area contributed by atoms with Crippen molar-refractivity contribution in [1.29, 1.82) is 0 Å². The van der Waals surface area contributed by atoms with Crippen LogP contribution in [0.25, 0.3) is 0 Å². The quantitative estimate of drug-likeness (QED) is 0.511. The van der Waals surface area contributed by atoms with Gasteiger partial charge in [0.1, 0.15) is 5.37 Å². The minimum absolute atomic E-state index is 0.729. The molecule has 3 N–H and O–H groups in total. The fourth-order valence-electron chi connectivity index (χ4n) is 0.661. The van der Waals surface area contributed by atoms with Gasteiger partial charge in [-0.05, 0) is 10.8 Å². The molecule has 0 radical (unpaired) electrons. The molecule has 0 aromatic heterocycles. The fourth-order valence-corrected chi connectivity index (χ4v) is 1.98. The lowest BCUT2D eigenvalue weighted by Crippen LogP contribution is -2.28. The molecule has 1 heterocycles. The van der Waals surface area contributed by atoms with Crippen LogP contribution < -0.4 is 5.73 Å². The predicted molar refractivity (Wildman–Crippen MR) is 42.9 cm³/mol. The third kappa shape index (κ3) is 1.40. The van der Waals surface area contributed by atoms with E-state index in [0.717, 1.165) is 0 Å². The largest absolute Gasteiger partial charge is 0.479 e. The number of rotatable bonds is 2. The number of carbonyl (C=O) groups is 1. The Kier molecular flexibility index (Phi) is 2.13. The highest BCUT2D eigenvalue weighted by Crippen LogP contribution is 2.35. The highest BCUT2D eigenvalue weighted by atomic mass is 32.2. The standard InChI is InChI=1S/C6H9NO2S/c7-5(6(8)9)10-3-1-2-4-10/h1-5,10H,7H2,(H,8,9). The van der Waals surface area contributed by atoms with Crippen molar-refractivity contribution in [3.05, 3.63) is 23.0 Å². The summed E-state index contributed by atoms with van der Waals surface area (Å²) in [6.07, 6.45) is 3.66. The minimum Gasteiger partial charge on any atom is -0.479 e. The van der Waals surface area contributed by atoms with Crippen LogP contribution in [-0.2, 0) is 4.79 Å². The van der Waals surface area contributed by atoms with Crippen molar-refractivity contribution in [3.8, 4) is 0 Å². The molecule has 0 saturated heterocycles. The van der Waals surface area contributed by atoms with E-state index in [-0.39, 0.29) is 0 Å². The number of thiol groups is 1. The number of allylic oxidation sites excluding steroid dienone is 2. The number of carboxylic acid groups (broad SMARTS) is 1. The Morgan fingerprint density at radius 1 is 1.50 bits per heavy atom. The van der Waals surface area contributed by atoms with Crippen molar-refractivity contribution in [2.75, 3.05) is 0 Å². The molecule has 0 fully saturated rings. The first kappa shape index (κ1) is 7.37. The zero-order valence-corrected chi connectivity index (χ0v) is 6.16. The zero-order valence-electron chi connectivity index (χ0n) is 5.27. The summed E-state index contributed by atoms with van der Waals surface area (Å²) in [6, 6.07) is 0. The minimum atomic E-state index is -0.928. The lowest BCUT2D eigenvalue weighted by molar-refractivity contribution is -0.136. The van der Waals surface area contributed by atoms with Crippen LogP contribution in [0.2, 0.25) is 0 Å². The molecule has 0 spiro atoms. The van der Waals surface area contributed by atoms with Gasteiger partial charge in [0.2, 0.25) is 0 Å². The van der Waals surface area contributed by atoms with Crippen LogP contribution in [0.1, 0.15) is 0 Å². The summed E-state index contributed by atoms with van der Waals surface area (Å²) in [5, 5.41) is 11.4. The molecule has 4 heteroatoms. The molecule has 10 heavy (non-hydrogen) atoms. The summed E-state index contributed by atoms with van der Waals surface area (Å²) in [5.74, 6) is -0.928. The second-order valence-corrected chi connectivity index (χ2v) is 3.96. The maximum absolute atomic E-state index is 10.3. The fraction of sp³-hybridized carbons (Fsp3) is 0.167. The summed E-state index contributed by atoms with van der Waals surface area (Å²) in [7, 11) is -0.729. The van der Waals surface area contributed by atoms with E-state index in [1.165, 1.54) is 0 Å². The van der Waals surface area contributed by atoms with Crippen LogP contribution >= 0.6 is 10.9 Å². The highest BCUT2D eigenvalue weighted by molar-refractivity contribution is 8.23. The van der Waals surface area contributed by atoms with Gasteiger partial charge in [-0.15, -0.1) is 0 Å². The first-order valence-corrected chi connectivity index (χ1v) is 4.37. The summed E-state index contributed by atoms with van der Waals surface area (Å²) < 4.78 is 0. The maximum Gasteiger partial charge on any atom is 0.329 e. The second-order valence-electron chi connectivity index (χ2n) is 1.91. The van der Waals surface area contributed by atoms with Crippen molar-refractivity contribution >= 4 is 16.9 Å². The molecule has 0 aliphatic carbocycles. The van der Waals surface area contributed by atoms with E-state index in [4.69, 9.17) is 10.8 Å². The smallest absolute Gasteiger partial charge is 0.329 e. The summed E-state index contributed by atoms with van der Waals surface area (Å²) >= 11 is 0. The summed E-state index contributed by atoms with van der Waals surface area (Å²) in [5.41, 5.74) is 5.35. The molecule has 0 aromatic carbocycles. The van der Waals surface area contributed by atoms with Crippen molar-refractivity contribution in [3.63, 3.8) is 0 Å². The van der Waals surface area contributed by atoms with Gasteiger partial charge in [0.15, 0.2) is 0 Å². The Labute approximate surface area is 61.6 Å². The average molecular weight is 159 g/mol. The Bertz CT molecular complexity index is 188. The Balaban J connectivity index is 2.57. The van der Waals surface area contributed by atoms with Crippen LogP contribution in [0.5, 0.6) is 0 Å². The second kappa shape index (κ2) is 2.90. The van der Waals surface area contributed by atoms with E-state index >= 15 is 0 Å². The number of nitrogens with two attached hydrogens (primary N) is 1. The van der Waals surface area contributed by atoms with Crippen LogP contribution in [0.3, 0.4) is 0 Å². The first-order valence-electron chi connectivity index (χ1n) is 2.82. The number of carboxylic acids is 1. The van der Waals surface area contributed by atoms with E-state index < -0.39 is 22.2 Å². The van der Waals surface area contributed by atoms with Gasteiger partial charge < -0.3 is 10.8 Å². The summed E-state index contributed by atoms with van der Waals surface area (Å²) in [6.45, 7) is 0. The van der Waals surface area contributed by atoms with Gasteiger partial charge in [0, 0.05) is 0 Å². The van der Waals surface area contributed by atoms with Crippen molar-refractivity contribution in [2.45, 2.75) is 5.37 Å². The molecule has 56 valence electrons. The molecule has 1 aliphatic rings.